The number of ether oxygens (including phenoxy) is 2. The van der Waals surface area contributed by atoms with Crippen LogP contribution in [0.25, 0.3) is 6.08 Å². The smallest absolute Gasteiger partial charge is 0.340 e. The summed E-state index contributed by atoms with van der Waals surface area (Å²) in [6.45, 7) is 0.436. The lowest BCUT2D eigenvalue weighted by molar-refractivity contribution is 0.0601. The largest absolute Gasteiger partial charge is 0.489 e. The third kappa shape index (κ3) is 3.37. The lowest BCUT2D eigenvalue weighted by Crippen LogP contribution is -2.06. The standard InChI is InChI=1S/C19H19NO3/c1-22-19(21)17-11-16(8-9-18(17)20)23-12-13-6-7-14-4-2-3-5-15(14)10-13/h3,5-11H,2,4,12,20H2,1H3. The van der Waals surface area contributed by atoms with Crippen molar-refractivity contribution < 1.29 is 14.3 Å². The Labute approximate surface area is 135 Å². The summed E-state index contributed by atoms with van der Waals surface area (Å²) in [6.07, 6.45) is 6.54. The van der Waals surface area contributed by atoms with Crippen molar-refractivity contribution in [2.45, 2.75) is 19.4 Å². The average molecular weight is 309 g/mol. The summed E-state index contributed by atoms with van der Waals surface area (Å²) >= 11 is 0. The van der Waals surface area contributed by atoms with Gasteiger partial charge in [0.2, 0.25) is 0 Å². The van der Waals surface area contributed by atoms with E-state index in [9.17, 15) is 4.79 Å². The molecule has 0 saturated heterocycles. The zero-order valence-electron chi connectivity index (χ0n) is 13.0. The predicted molar refractivity (Wildman–Crippen MR) is 90.3 cm³/mol. The molecule has 0 fully saturated rings. The normalized spacial score (nSPS) is 12.6. The van der Waals surface area contributed by atoms with Gasteiger partial charge in [-0.25, -0.2) is 4.79 Å². The summed E-state index contributed by atoms with van der Waals surface area (Å²) in [5.74, 6) is 0.125. The van der Waals surface area contributed by atoms with Gasteiger partial charge in [0.25, 0.3) is 0 Å². The molecule has 1 aliphatic carbocycles. The molecule has 4 nitrogen and oxygen atoms in total. The summed E-state index contributed by atoms with van der Waals surface area (Å²) in [5.41, 5.74) is 10.2. The number of aryl methyl sites for hydroxylation is 1. The Morgan fingerprint density at radius 2 is 2.09 bits per heavy atom. The van der Waals surface area contributed by atoms with Gasteiger partial charge in [-0.3, -0.25) is 0 Å². The number of esters is 1. The zero-order valence-corrected chi connectivity index (χ0v) is 13.0. The lowest BCUT2D eigenvalue weighted by atomic mass is 9.96. The molecule has 0 unspecified atom stereocenters. The molecule has 0 bridgehead atoms. The van der Waals surface area contributed by atoms with Crippen LogP contribution in [0.2, 0.25) is 0 Å². The van der Waals surface area contributed by atoms with Crippen molar-refractivity contribution in [3.8, 4) is 5.75 Å². The molecular weight excluding hydrogens is 290 g/mol. The number of nitrogen functional groups attached to an aromatic ring is 1. The highest BCUT2D eigenvalue weighted by Crippen LogP contribution is 2.23. The van der Waals surface area contributed by atoms with E-state index in [1.165, 1.54) is 18.2 Å². The third-order valence-electron chi connectivity index (χ3n) is 3.92. The lowest BCUT2D eigenvalue weighted by Gasteiger charge is -2.13. The molecule has 0 spiro atoms. The first-order valence-electron chi connectivity index (χ1n) is 7.56. The van der Waals surface area contributed by atoms with Gasteiger partial charge in [-0.05, 0) is 53.8 Å². The summed E-state index contributed by atoms with van der Waals surface area (Å²) in [4.78, 5) is 11.7. The second kappa shape index (κ2) is 6.57. The van der Waals surface area contributed by atoms with Crippen LogP contribution in [0.3, 0.4) is 0 Å². The van der Waals surface area contributed by atoms with Crippen molar-refractivity contribution in [2.75, 3.05) is 12.8 Å². The van der Waals surface area contributed by atoms with E-state index in [0.29, 0.717) is 23.6 Å². The van der Waals surface area contributed by atoms with Crippen molar-refractivity contribution in [1.82, 2.24) is 0 Å². The van der Waals surface area contributed by atoms with Gasteiger partial charge >= 0.3 is 5.97 Å². The number of hydrogen-bond acceptors (Lipinski definition) is 4. The second-order valence-electron chi connectivity index (χ2n) is 5.50. The fraction of sp³-hybridized carbons (Fsp3) is 0.211. The van der Waals surface area contributed by atoms with Gasteiger partial charge in [-0.2, -0.15) is 0 Å². The Kier molecular flexibility index (Phi) is 4.33. The predicted octanol–water partition coefficient (Wildman–Crippen LogP) is 3.59. The first kappa shape index (κ1) is 15.2. The Bertz CT molecular complexity index is 765. The fourth-order valence-corrected chi connectivity index (χ4v) is 2.64. The molecule has 0 saturated carbocycles. The topological polar surface area (TPSA) is 61.5 Å². The molecule has 23 heavy (non-hydrogen) atoms. The molecule has 2 aromatic carbocycles. The van der Waals surface area contributed by atoms with Gasteiger partial charge in [0, 0.05) is 5.69 Å². The van der Waals surface area contributed by atoms with Crippen LogP contribution in [-0.4, -0.2) is 13.1 Å². The highest BCUT2D eigenvalue weighted by Gasteiger charge is 2.11. The molecule has 0 aromatic heterocycles. The van der Waals surface area contributed by atoms with Crippen LogP contribution in [0.4, 0.5) is 5.69 Å². The molecule has 0 radical (unpaired) electrons. The van der Waals surface area contributed by atoms with E-state index in [0.717, 1.165) is 18.4 Å². The van der Waals surface area contributed by atoms with E-state index in [-0.39, 0.29) is 0 Å². The molecule has 2 N–H and O–H groups in total. The number of carbonyl (C=O) groups is 1. The first-order chi connectivity index (χ1) is 11.2. The van der Waals surface area contributed by atoms with Crippen molar-refractivity contribution in [3.63, 3.8) is 0 Å². The van der Waals surface area contributed by atoms with Gasteiger partial charge in [0.05, 0.1) is 12.7 Å². The SMILES string of the molecule is COC(=O)c1cc(OCc2ccc3c(c2)C=CCC3)ccc1N. The quantitative estimate of drug-likeness (QED) is 0.692. The highest BCUT2D eigenvalue weighted by molar-refractivity contribution is 5.95. The number of rotatable bonds is 4. The van der Waals surface area contributed by atoms with Crippen LogP contribution in [0.5, 0.6) is 5.75 Å². The highest BCUT2D eigenvalue weighted by atomic mass is 16.5. The number of benzene rings is 2. The minimum absolute atomic E-state index is 0.318. The van der Waals surface area contributed by atoms with E-state index in [1.54, 1.807) is 18.2 Å². The van der Waals surface area contributed by atoms with E-state index in [4.69, 9.17) is 15.2 Å². The van der Waals surface area contributed by atoms with Gasteiger partial charge in [-0.15, -0.1) is 0 Å². The van der Waals surface area contributed by atoms with Crippen LogP contribution in [0.15, 0.2) is 42.5 Å². The Morgan fingerprint density at radius 3 is 2.91 bits per heavy atom. The van der Waals surface area contributed by atoms with Crippen molar-refractivity contribution in [2.24, 2.45) is 0 Å². The van der Waals surface area contributed by atoms with Crippen LogP contribution in [0, 0.1) is 0 Å². The van der Waals surface area contributed by atoms with Crippen LogP contribution < -0.4 is 10.5 Å². The van der Waals surface area contributed by atoms with Crippen LogP contribution >= 0.6 is 0 Å². The summed E-state index contributed by atoms with van der Waals surface area (Å²) in [5, 5.41) is 0. The van der Waals surface area contributed by atoms with Gasteiger partial charge in [0.15, 0.2) is 0 Å². The molecule has 3 rings (SSSR count). The zero-order chi connectivity index (χ0) is 16.2. The van der Waals surface area contributed by atoms with E-state index in [2.05, 4.69) is 30.4 Å². The first-order valence-corrected chi connectivity index (χ1v) is 7.56. The molecule has 1 aliphatic rings. The summed E-state index contributed by atoms with van der Waals surface area (Å²) in [7, 11) is 1.33. The maximum atomic E-state index is 11.7. The second-order valence-corrected chi connectivity index (χ2v) is 5.50. The molecule has 2 aromatic rings. The molecule has 4 heteroatoms. The average Bonchev–Trinajstić information content (AvgIpc) is 2.60. The van der Waals surface area contributed by atoms with Crippen molar-refractivity contribution in [1.29, 1.82) is 0 Å². The Balaban J connectivity index is 1.74. The third-order valence-corrected chi connectivity index (χ3v) is 3.92. The summed E-state index contributed by atoms with van der Waals surface area (Å²) < 4.78 is 10.5. The summed E-state index contributed by atoms with van der Waals surface area (Å²) in [6, 6.07) is 11.4. The van der Waals surface area contributed by atoms with Crippen LogP contribution in [-0.2, 0) is 17.8 Å². The fourth-order valence-electron chi connectivity index (χ4n) is 2.64. The molecular formula is C19H19NO3. The Hall–Kier alpha value is -2.75. The number of carbonyl (C=O) groups excluding carboxylic acids is 1. The number of allylic oxidation sites excluding steroid dienone is 1. The van der Waals surface area contributed by atoms with Crippen molar-refractivity contribution in [3.05, 3.63) is 64.7 Å². The van der Waals surface area contributed by atoms with Gasteiger partial charge in [-0.1, -0.05) is 24.3 Å². The van der Waals surface area contributed by atoms with Crippen LogP contribution in [0.1, 0.15) is 33.5 Å². The maximum absolute atomic E-state index is 11.7. The van der Waals surface area contributed by atoms with E-state index < -0.39 is 5.97 Å². The molecule has 0 atom stereocenters. The molecule has 0 aliphatic heterocycles. The Morgan fingerprint density at radius 1 is 1.22 bits per heavy atom. The monoisotopic (exact) mass is 309 g/mol. The molecule has 118 valence electrons. The molecule has 0 amide bonds. The number of methoxy groups -OCH3 is 1. The molecule has 0 heterocycles. The number of anilines is 1. The van der Waals surface area contributed by atoms with Crippen molar-refractivity contribution >= 4 is 17.7 Å². The van der Waals surface area contributed by atoms with E-state index in [1.807, 2.05) is 0 Å². The number of nitrogens with two attached hydrogens (primary N) is 1. The van der Waals surface area contributed by atoms with E-state index >= 15 is 0 Å². The number of hydrogen-bond donors (Lipinski definition) is 1. The minimum Gasteiger partial charge on any atom is -0.489 e. The number of fused-ring (bicyclic) bond motifs is 1. The maximum Gasteiger partial charge on any atom is 0.340 e. The minimum atomic E-state index is -0.466. The van der Waals surface area contributed by atoms with Gasteiger partial charge in [0.1, 0.15) is 12.4 Å². The van der Waals surface area contributed by atoms with Gasteiger partial charge < -0.3 is 15.2 Å².